The molecule has 2 rings (SSSR count). The first-order chi connectivity index (χ1) is 9.16. The number of carboxylic acid groups (broad SMARTS) is 1. The van der Waals surface area contributed by atoms with E-state index in [2.05, 4.69) is 33.4 Å². The summed E-state index contributed by atoms with van der Waals surface area (Å²) in [5, 5.41) is 12.3. The summed E-state index contributed by atoms with van der Waals surface area (Å²) >= 11 is 3.28. The van der Waals surface area contributed by atoms with E-state index >= 15 is 0 Å². The molecule has 0 saturated heterocycles. The lowest BCUT2D eigenvalue weighted by atomic mass is 10.1. The minimum Gasteiger partial charge on any atom is -0.478 e. The maximum absolute atomic E-state index is 11.1. The molecule has 0 bridgehead atoms. The van der Waals surface area contributed by atoms with Crippen LogP contribution in [0.3, 0.4) is 0 Å². The summed E-state index contributed by atoms with van der Waals surface area (Å²) in [6.07, 6.45) is 0.857. The quantitative estimate of drug-likeness (QED) is 0.881. The van der Waals surface area contributed by atoms with Gasteiger partial charge in [-0.15, -0.1) is 0 Å². The molecule has 0 unspecified atom stereocenters. The fraction of sp³-hybridized carbons (Fsp3) is 0.133. The summed E-state index contributed by atoms with van der Waals surface area (Å²) < 4.78 is 0.763. The molecule has 4 heteroatoms. The Labute approximate surface area is 120 Å². The van der Waals surface area contributed by atoms with Crippen LogP contribution in [0.5, 0.6) is 0 Å². The molecule has 0 amide bonds. The first-order valence-electron chi connectivity index (χ1n) is 5.97. The van der Waals surface area contributed by atoms with Crippen molar-refractivity contribution in [3.05, 3.63) is 64.1 Å². The molecule has 0 aliphatic heterocycles. The Morgan fingerprint density at radius 3 is 2.58 bits per heavy atom. The number of carboxylic acids is 1. The van der Waals surface area contributed by atoms with Crippen LogP contribution in [0.1, 0.15) is 15.9 Å². The number of halogens is 1. The minimum absolute atomic E-state index is 0.280. The van der Waals surface area contributed by atoms with Gasteiger partial charge in [-0.25, -0.2) is 4.79 Å². The number of hydrogen-bond donors (Lipinski definition) is 2. The van der Waals surface area contributed by atoms with Crippen LogP contribution in [0.2, 0.25) is 0 Å². The third kappa shape index (κ3) is 3.83. The molecule has 2 aromatic carbocycles. The van der Waals surface area contributed by atoms with E-state index in [-0.39, 0.29) is 5.56 Å². The third-order valence-electron chi connectivity index (χ3n) is 2.78. The predicted molar refractivity (Wildman–Crippen MR) is 79.7 cm³/mol. The van der Waals surface area contributed by atoms with Gasteiger partial charge in [0, 0.05) is 16.7 Å². The van der Waals surface area contributed by atoms with Crippen molar-refractivity contribution in [1.29, 1.82) is 0 Å². The summed E-state index contributed by atoms with van der Waals surface area (Å²) in [6.45, 7) is 0.700. The summed E-state index contributed by atoms with van der Waals surface area (Å²) in [6, 6.07) is 15.3. The Morgan fingerprint density at radius 2 is 1.89 bits per heavy atom. The summed E-state index contributed by atoms with van der Waals surface area (Å²) in [5.74, 6) is -0.927. The Kier molecular flexibility index (Phi) is 4.58. The van der Waals surface area contributed by atoms with Crippen molar-refractivity contribution in [2.45, 2.75) is 6.42 Å². The highest BCUT2D eigenvalue weighted by Crippen LogP contribution is 2.21. The number of nitrogens with one attached hydrogen (secondary N) is 1. The van der Waals surface area contributed by atoms with Crippen LogP contribution in [0, 0.1) is 0 Å². The second-order valence-corrected chi connectivity index (χ2v) is 5.07. The van der Waals surface area contributed by atoms with E-state index in [9.17, 15) is 4.79 Å². The lowest BCUT2D eigenvalue weighted by Crippen LogP contribution is -2.09. The van der Waals surface area contributed by atoms with E-state index in [1.807, 2.05) is 24.3 Å². The van der Waals surface area contributed by atoms with E-state index in [0.717, 1.165) is 10.9 Å². The molecule has 2 aromatic rings. The van der Waals surface area contributed by atoms with Gasteiger partial charge in [-0.05, 0) is 30.2 Å². The molecule has 0 aromatic heterocycles. The van der Waals surface area contributed by atoms with Crippen LogP contribution in [-0.2, 0) is 6.42 Å². The number of benzene rings is 2. The van der Waals surface area contributed by atoms with Crippen molar-refractivity contribution in [3.8, 4) is 0 Å². The molecule has 2 N–H and O–H groups in total. The lowest BCUT2D eigenvalue weighted by Gasteiger charge is -2.10. The average Bonchev–Trinajstić information content (AvgIpc) is 2.41. The van der Waals surface area contributed by atoms with Gasteiger partial charge in [0.05, 0.1) is 5.56 Å². The van der Waals surface area contributed by atoms with Crippen LogP contribution in [0.4, 0.5) is 5.69 Å². The molecule has 0 aliphatic carbocycles. The molecular formula is C15H14BrNO2. The van der Waals surface area contributed by atoms with Crippen LogP contribution in [0.25, 0.3) is 0 Å². The number of carbonyl (C=O) groups is 1. The van der Waals surface area contributed by atoms with Gasteiger partial charge in [0.1, 0.15) is 0 Å². The zero-order valence-electron chi connectivity index (χ0n) is 10.3. The summed E-state index contributed by atoms with van der Waals surface area (Å²) in [4.78, 5) is 11.1. The molecular weight excluding hydrogens is 306 g/mol. The fourth-order valence-corrected chi connectivity index (χ4v) is 2.19. The average molecular weight is 320 g/mol. The molecule has 0 saturated carbocycles. The highest BCUT2D eigenvalue weighted by Gasteiger charge is 2.09. The smallest absolute Gasteiger partial charge is 0.337 e. The maximum Gasteiger partial charge on any atom is 0.337 e. The predicted octanol–water partition coefficient (Wildman–Crippen LogP) is 3.80. The van der Waals surface area contributed by atoms with Crippen LogP contribution in [0.15, 0.2) is 53.0 Å². The van der Waals surface area contributed by atoms with E-state index in [4.69, 9.17) is 5.11 Å². The third-order valence-corrected chi connectivity index (χ3v) is 3.28. The molecule has 19 heavy (non-hydrogen) atoms. The normalized spacial score (nSPS) is 10.2. The summed E-state index contributed by atoms with van der Waals surface area (Å²) in [5.41, 5.74) is 2.15. The van der Waals surface area contributed by atoms with E-state index < -0.39 is 5.97 Å². The Morgan fingerprint density at radius 1 is 1.16 bits per heavy atom. The Hall–Kier alpha value is -1.81. The number of hydrogen-bond acceptors (Lipinski definition) is 2. The van der Waals surface area contributed by atoms with Gasteiger partial charge < -0.3 is 10.4 Å². The first-order valence-corrected chi connectivity index (χ1v) is 6.77. The van der Waals surface area contributed by atoms with E-state index in [0.29, 0.717) is 12.2 Å². The van der Waals surface area contributed by atoms with Gasteiger partial charge in [-0.3, -0.25) is 0 Å². The molecule has 0 radical (unpaired) electrons. The monoisotopic (exact) mass is 319 g/mol. The molecule has 98 valence electrons. The zero-order valence-corrected chi connectivity index (χ0v) is 11.9. The minimum atomic E-state index is -0.927. The van der Waals surface area contributed by atoms with Crippen LogP contribution >= 0.6 is 15.9 Å². The largest absolute Gasteiger partial charge is 0.478 e. The first kappa shape index (κ1) is 13.6. The van der Waals surface area contributed by atoms with Crippen LogP contribution < -0.4 is 5.32 Å². The SMILES string of the molecule is O=C(O)c1cc(Br)ccc1NCCc1ccccc1. The molecule has 0 fully saturated rings. The van der Waals surface area contributed by atoms with Gasteiger partial charge in [-0.1, -0.05) is 46.3 Å². The van der Waals surface area contributed by atoms with Crippen molar-refractivity contribution < 1.29 is 9.90 Å². The molecule has 0 spiro atoms. The maximum atomic E-state index is 11.1. The standard InChI is InChI=1S/C15H14BrNO2/c16-12-6-7-14(13(10-12)15(18)19)17-9-8-11-4-2-1-3-5-11/h1-7,10,17H,8-9H2,(H,18,19). The number of anilines is 1. The van der Waals surface area contributed by atoms with Crippen molar-refractivity contribution in [2.24, 2.45) is 0 Å². The van der Waals surface area contributed by atoms with Crippen LogP contribution in [-0.4, -0.2) is 17.6 Å². The Balaban J connectivity index is 2.02. The topological polar surface area (TPSA) is 49.3 Å². The number of aromatic carboxylic acids is 1. The highest BCUT2D eigenvalue weighted by molar-refractivity contribution is 9.10. The van der Waals surface area contributed by atoms with Gasteiger partial charge in [0.15, 0.2) is 0 Å². The highest BCUT2D eigenvalue weighted by atomic mass is 79.9. The van der Waals surface area contributed by atoms with Gasteiger partial charge in [-0.2, -0.15) is 0 Å². The number of rotatable bonds is 5. The molecule has 0 heterocycles. The molecule has 0 atom stereocenters. The molecule has 0 aliphatic rings. The van der Waals surface area contributed by atoms with Crippen molar-refractivity contribution >= 4 is 27.6 Å². The lowest BCUT2D eigenvalue weighted by molar-refractivity contribution is 0.0698. The fourth-order valence-electron chi connectivity index (χ4n) is 1.83. The Bertz CT molecular complexity index is 570. The van der Waals surface area contributed by atoms with Gasteiger partial charge in [0.25, 0.3) is 0 Å². The van der Waals surface area contributed by atoms with Crippen molar-refractivity contribution in [2.75, 3.05) is 11.9 Å². The summed E-state index contributed by atoms with van der Waals surface area (Å²) in [7, 11) is 0. The van der Waals surface area contributed by atoms with Crippen molar-refractivity contribution in [3.63, 3.8) is 0 Å². The van der Waals surface area contributed by atoms with E-state index in [1.54, 1.807) is 12.1 Å². The second-order valence-electron chi connectivity index (χ2n) is 4.16. The zero-order chi connectivity index (χ0) is 13.7. The van der Waals surface area contributed by atoms with Gasteiger partial charge in [0.2, 0.25) is 0 Å². The second kappa shape index (κ2) is 6.38. The molecule has 3 nitrogen and oxygen atoms in total. The van der Waals surface area contributed by atoms with E-state index in [1.165, 1.54) is 5.56 Å². The van der Waals surface area contributed by atoms with Crippen molar-refractivity contribution in [1.82, 2.24) is 0 Å². The van der Waals surface area contributed by atoms with Gasteiger partial charge >= 0.3 is 5.97 Å².